The first kappa shape index (κ1) is 17.7. The van der Waals surface area contributed by atoms with E-state index < -0.39 is 0 Å². The van der Waals surface area contributed by atoms with Crippen molar-refractivity contribution in [2.75, 3.05) is 12.0 Å². The lowest BCUT2D eigenvalue weighted by molar-refractivity contribution is -0.121. The summed E-state index contributed by atoms with van der Waals surface area (Å²) in [6.45, 7) is 0.315. The van der Waals surface area contributed by atoms with E-state index >= 15 is 0 Å². The lowest BCUT2D eigenvalue weighted by Gasteiger charge is -2.16. The van der Waals surface area contributed by atoms with Crippen molar-refractivity contribution < 1.29 is 4.79 Å². The normalized spacial score (nSPS) is 16.1. The van der Waals surface area contributed by atoms with Gasteiger partial charge in [-0.1, -0.05) is 53.8 Å². The molecule has 24 heavy (non-hydrogen) atoms. The zero-order valence-corrected chi connectivity index (χ0v) is 16.9. The van der Waals surface area contributed by atoms with Crippen LogP contribution in [0.15, 0.2) is 53.4 Å². The second-order valence-electron chi connectivity index (χ2n) is 5.01. The Kier molecular flexibility index (Phi) is 5.80. The minimum Gasteiger partial charge on any atom is -0.367 e. The fraction of sp³-hybridized carbons (Fsp3) is 0.0588. The van der Waals surface area contributed by atoms with Gasteiger partial charge in [-0.15, -0.1) is 0 Å². The number of halogens is 2. The van der Waals surface area contributed by atoms with Gasteiger partial charge in [0, 0.05) is 14.3 Å². The van der Waals surface area contributed by atoms with Gasteiger partial charge in [-0.05, 0) is 64.6 Å². The summed E-state index contributed by atoms with van der Waals surface area (Å²) < 4.78 is 1.70. The van der Waals surface area contributed by atoms with Crippen LogP contribution >= 0.6 is 58.2 Å². The van der Waals surface area contributed by atoms with Crippen LogP contribution in [0.4, 0.5) is 5.69 Å². The molecule has 2 aromatic rings. The van der Waals surface area contributed by atoms with E-state index in [1.54, 1.807) is 17.0 Å². The lowest BCUT2D eigenvalue weighted by Crippen LogP contribution is -2.33. The molecule has 1 aliphatic rings. The highest BCUT2D eigenvalue weighted by Gasteiger charge is 2.31. The van der Waals surface area contributed by atoms with Crippen molar-refractivity contribution >= 4 is 80.2 Å². The Bertz CT molecular complexity index is 824. The molecule has 1 fully saturated rings. The lowest BCUT2D eigenvalue weighted by atomic mass is 10.2. The number of hydrogen-bond acceptors (Lipinski definition) is 4. The number of carbonyl (C=O) groups is 1. The molecule has 0 spiro atoms. The highest BCUT2D eigenvalue weighted by atomic mass is 127. The highest BCUT2D eigenvalue weighted by molar-refractivity contribution is 14.1. The summed E-state index contributed by atoms with van der Waals surface area (Å²) in [4.78, 5) is 14.7. The van der Waals surface area contributed by atoms with Crippen molar-refractivity contribution in [1.82, 2.24) is 4.90 Å². The third-order valence-electron chi connectivity index (χ3n) is 3.31. The van der Waals surface area contributed by atoms with Gasteiger partial charge < -0.3 is 5.32 Å². The summed E-state index contributed by atoms with van der Waals surface area (Å²) in [5.41, 5.74) is 1.83. The van der Waals surface area contributed by atoms with Gasteiger partial charge in [0.1, 0.15) is 4.32 Å². The Hall–Kier alpha value is -1.09. The van der Waals surface area contributed by atoms with Gasteiger partial charge in [-0.25, -0.2) is 0 Å². The SMILES string of the molecule is O=C1/C(=C/c2ccc(I)cc2)SC(=S)N1CNc1cccc(Cl)c1. The van der Waals surface area contributed by atoms with Gasteiger partial charge in [0.2, 0.25) is 0 Å². The zero-order chi connectivity index (χ0) is 17.1. The van der Waals surface area contributed by atoms with Gasteiger partial charge in [0.05, 0.1) is 11.6 Å². The fourth-order valence-corrected chi connectivity index (χ4v) is 3.92. The Balaban J connectivity index is 1.71. The maximum absolute atomic E-state index is 12.6. The van der Waals surface area contributed by atoms with Crippen molar-refractivity contribution in [3.05, 3.63) is 67.6 Å². The molecule has 0 aromatic heterocycles. The average molecular weight is 487 g/mol. The predicted octanol–water partition coefficient (Wildman–Crippen LogP) is 5.22. The van der Waals surface area contributed by atoms with Crippen molar-refractivity contribution in [2.24, 2.45) is 0 Å². The van der Waals surface area contributed by atoms with E-state index in [2.05, 4.69) is 27.9 Å². The first-order chi connectivity index (χ1) is 11.5. The maximum Gasteiger partial charge on any atom is 0.267 e. The van der Waals surface area contributed by atoms with Crippen molar-refractivity contribution in [2.45, 2.75) is 0 Å². The van der Waals surface area contributed by atoms with E-state index in [1.165, 1.54) is 11.8 Å². The molecule has 1 saturated heterocycles. The summed E-state index contributed by atoms with van der Waals surface area (Å²) in [5, 5.41) is 3.81. The minimum absolute atomic E-state index is 0.0851. The Labute approximate surface area is 168 Å². The predicted molar refractivity (Wildman–Crippen MR) is 114 cm³/mol. The number of hydrogen-bond donors (Lipinski definition) is 1. The van der Waals surface area contributed by atoms with Crippen LogP contribution in [-0.4, -0.2) is 21.8 Å². The molecule has 0 saturated carbocycles. The van der Waals surface area contributed by atoms with Crippen LogP contribution in [0.2, 0.25) is 5.02 Å². The molecule has 1 amide bonds. The molecule has 122 valence electrons. The molecule has 3 nitrogen and oxygen atoms in total. The third-order valence-corrected chi connectivity index (χ3v) is 5.64. The maximum atomic E-state index is 12.6. The molecule has 0 bridgehead atoms. The summed E-state index contributed by atoms with van der Waals surface area (Å²) in [6.07, 6.45) is 1.87. The van der Waals surface area contributed by atoms with Crippen LogP contribution in [0.25, 0.3) is 6.08 Å². The van der Waals surface area contributed by atoms with Crippen molar-refractivity contribution in [3.8, 4) is 0 Å². The summed E-state index contributed by atoms with van der Waals surface area (Å²) in [7, 11) is 0. The van der Waals surface area contributed by atoms with E-state index in [4.69, 9.17) is 23.8 Å². The number of thioether (sulfide) groups is 1. The molecular weight excluding hydrogens is 475 g/mol. The molecular formula is C17H12ClIN2OS2. The first-order valence-corrected chi connectivity index (χ1v) is 9.71. The van der Waals surface area contributed by atoms with E-state index in [0.717, 1.165) is 14.8 Å². The molecule has 0 unspecified atom stereocenters. The van der Waals surface area contributed by atoms with Gasteiger partial charge in [0.25, 0.3) is 5.91 Å². The molecule has 1 aliphatic heterocycles. The number of benzene rings is 2. The Morgan fingerprint density at radius 2 is 2.00 bits per heavy atom. The number of anilines is 1. The van der Waals surface area contributed by atoms with Gasteiger partial charge in [-0.2, -0.15) is 0 Å². The molecule has 0 radical (unpaired) electrons. The molecule has 0 atom stereocenters. The van der Waals surface area contributed by atoms with Crippen LogP contribution in [-0.2, 0) is 4.79 Å². The fourth-order valence-electron chi connectivity index (χ4n) is 2.12. The summed E-state index contributed by atoms with van der Waals surface area (Å²) >= 11 is 14.9. The topological polar surface area (TPSA) is 32.3 Å². The van der Waals surface area contributed by atoms with Gasteiger partial charge in [0.15, 0.2) is 0 Å². The van der Waals surface area contributed by atoms with Crippen molar-refractivity contribution in [1.29, 1.82) is 0 Å². The van der Waals surface area contributed by atoms with Gasteiger partial charge >= 0.3 is 0 Å². The number of nitrogens with one attached hydrogen (secondary N) is 1. The Morgan fingerprint density at radius 3 is 2.71 bits per heavy atom. The molecule has 2 aromatic carbocycles. The van der Waals surface area contributed by atoms with E-state index in [-0.39, 0.29) is 5.91 Å². The number of carbonyl (C=O) groups excluding carboxylic acids is 1. The van der Waals surface area contributed by atoms with E-state index in [1.807, 2.05) is 42.5 Å². The molecule has 1 N–H and O–H groups in total. The van der Waals surface area contributed by atoms with E-state index in [9.17, 15) is 4.79 Å². The number of amides is 1. The average Bonchev–Trinajstić information content (AvgIpc) is 2.82. The number of thiocarbonyl (C=S) groups is 1. The molecule has 1 heterocycles. The van der Waals surface area contributed by atoms with Crippen LogP contribution < -0.4 is 5.32 Å². The second kappa shape index (κ2) is 7.86. The van der Waals surface area contributed by atoms with E-state index in [0.29, 0.717) is 20.9 Å². The van der Waals surface area contributed by atoms with Gasteiger partial charge in [-0.3, -0.25) is 9.69 Å². The van der Waals surface area contributed by atoms with Crippen LogP contribution in [0.1, 0.15) is 5.56 Å². The van der Waals surface area contributed by atoms with Crippen LogP contribution in [0.3, 0.4) is 0 Å². The monoisotopic (exact) mass is 486 g/mol. The minimum atomic E-state index is -0.0851. The Morgan fingerprint density at radius 1 is 1.25 bits per heavy atom. The highest BCUT2D eigenvalue weighted by Crippen LogP contribution is 2.32. The van der Waals surface area contributed by atoms with Crippen LogP contribution in [0, 0.1) is 3.57 Å². The number of rotatable bonds is 4. The standard InChI is InChI=1S/C17H12ClIN2OS2/c18-12-2-1-3-14(9-12)20-10-21-16(22)15(24-17(21)23)8-11-4-6-13(19)7-5-11/h1-9,20H,10H2/b15-8-. The zero-order valence-electron chi connectivity index (χ0n) is 12.3. The second-order valence-corrected chi connectivity index (χ2v) is 8.36. The third kappa shape index (κ3) is 4.30. The molecule has 7 heteroatoms. The smallest absolute Gasteiger partial charge is 0.267 e. The number of nitrogens with zero attached hydrogens (tertiary/aromatic N) is 1. The van der Waals surface area contributed by atoms with Crippen LogP contribution in [0.5, 0.6) is 0 Å². The first-order valence-electron chi connectivity index (χ1n) is 7.03. The molecule has 0 aliphatic carbocycles. The molecule has 3 rings (SSSR count). The largest absolute Gasteiger partial charge is 0.367 e. The summed E-state index contributed by atoms with van der Waals surface area (Å²) in [5.74, 6) is -0.0851. The summed E-state index contributed by atoms with van der Waals surface area (Å²) in [6, 6.07) is 15.3. The van der Waals surface area contributed by atoms with Crippen molar-refractivity contribution in [3.63, 3.8) is 0 Å². The quantitative estimate of drug-likeness (QED) is 0.365.